The van der Waals surface area contributed by atoms with Crippen molar-refractivity contribution in [3.63, 3.8) is 0 Å². The topological polar surface area (TPSA) is 111 Å². The molecule has 0 radical (unpaired) electrons. The lowest BCUT2D eigenvalue weighted by Gasteiger charge is -2.20. The average molecular weight is 457 g/mol. The van der Waals surface area contributed by atoms with Crippen LogP contribution in [0.2, 0.25) is 0 Å². The molecule has 0 saturated heterocycles. The number of amides is 1. The number of hydrogen-bond acceptors (Lipinski definition) is 9. The summed E-state index contributed by atoms with van der Waals surface area (Å²) in [7, 11) is 6.85. The van der Waals surface area contributed by atoms with Crippen LogP contribution in [0, 0.1) is 10.1 Å². The molecule has 2 heterocycles. The molecule has 12 heteroatoms. The lowest BCUT2D eigenvalue weighted by molar-refractivity contribution is -0.402. The number of rotatable bonds is 8. The largest absolute Gasteiger partial charge is 0.493 e. The Balaban J connectivity index is 0.00000320. The third kappa shape index (κ3) is 4.81. The molecule has 30 heavy (non-hydrogen) atoms. The van der Waals surface area contributed by atoms with Gasteiger partial charge in [-0.15, -0.1) is 12.4 Å². The van der Waals surface area contributed by atoms with Crippen molar-refractivity contribution in [3.8, 4) is 11.5 Å². The van der Waals surface area contributed by atoms with Crippen molar-refractivity contribution in [1.29, 1.82) is 0 Å². The Morgan fingerprint density at radius 1 is 1.20 bits per heavy atom. The zero-order chi connectivity index (χ0) is 21.1. The number of methoxy groups -OCH3 is 2. The van der Waals surface area contributed by atoms with Crippen molar-refractivity contribution >= 4 is 50.9 Å². The zero-order valence-electron chi connectivity index (χ0n) is 16.8. The van der Waals surface area contributed by atoms with Gasteiger partial charge in [0.1, 0.15) is 4.92 Å². The van der Waals surface area contributed by atoms with Crippen LogP contribution in [0.15, 0.2) is 28.7 Å². The summed E-state index contributed by atoms with van der Waals surface area (Å²) in [4.78, 5) is 31.1. The number of hydrogen-bond donors (Lipinski definition) is 0. The van der Waals surface area contributed by atoms with Crippen LogP contribution in [-0.4, -0.2) is 62.1 Å². The number of ether oxygens (including phenoxy) is 2. The van der Waals surface area contributed by atoms with E-state index < -0.39 is 16.7 Å². The van der Waals surface area contributed by atoms with Crippen LogP contribution < -0.4 is 14.4 Å². The molecule has 0 saturated carbocycles. The van der Waals surface area contributed by atoms with Gasteiger partial charge in [0, 0.05) is 25.2 Å². The normalized spacial score (nSPS) is 10.7. The fraction of sp³-hybridized carbons (Fsp3) is 0.333. The van der Waals surface area contributed by atoms with E-state index in [2.05, 4.69) is 4.98 Å². The van der Waals surface area contributed by atoms with Crippen LogP contribution in [0.4, 0.5) is 11.0 Å². The number of fused-ring (bicyclic) bond motifs is 1. The molecule has 162 valence electrons. The second-order valence-electron chi connectivity index (χ2n) is 6.33. The minimum absolute atomic E-state index is 0. The van der Waals surface area contributed by atoms with Crippen LogP contribution in [0.5, 0.6) is 11.5 Å². The van der Waals surface area contributed by atoms with E-state index >= 15 is 0 Å². The third-order valence-electron chi connectivity index (χ3n) is 4.11. The van der Waals surface area contributed by atoms with Crippen LogP contribution in [-0.2, 0) is 0 Å². The first kappa shape index (κ1) is 23.4. The summed E-state index contributed by atoms with van der Waals surface area (Å²) >= 11 is 1.31. The van der Waals surface area contributed by atoms with E-state index in [1.165, 1.54) is 29.4 Å². The van der Waals surface area contributed by atoms with Gasteiger partial charge in [0.25, 0.3) is 5.91 Å². The SMILES string of the molecule is COc1cc2nc(N(CCN(C)C)C(=O)c3ccc([N+](=O)[O-])o3)sc2cc1OC.Cl. The molecule has 3 rings (SSSR count). The fourth-order valence-electron chi connectivity index (χ4n) is 2.62. The van der Waals surface area contributed by atoms with E-state index in [1.807, 2.05) is 19.0 Å². The van der Waals surface area contributed by atoms with Crippen LogP contribution in [0.25, 0.3) is 10.2 Å². The Morgan fingerprint density at radius 2 is 1.87 bits per heavy atom. The molecule has 0 fully saturated rings. The highest BCUT2D eigenvalue weighted by atomic mass is 35.5. The molecule has 3 aromatic rings. The van der Waals surface area contributed by atoms with Gasteiger partial charge in [0.2, 0.25) is 0 Å². The minimum Gasteiger partial charge on any atom is -0.493 e. The molecule has 10 nitrogen and oxygen atoms in total. The van der Waals surface area contributed by atoms with E-state index in [0.717, 1.165) is 10.8 Å². The zero-order valence-corrected chi connectivity index (χ0v) is 18.4. The van der Waals surface area contributed by atoms with E-state index in [4.69, 9.17) is 13.9 Å². The molecular formula is C18H21ClN4O6S. The maximum absolute atomic E-state index is 13.0. The highest BCUT2D eigenvalue weighted by Crippen LogP contribution is 2.37. The first-order valence-corrected chi connectivity index (χ1v) is 9.39. The molecule has 0 aliphatic carbocycles. The van der Waals surface area contributed by atoms with Gasteiger partial charge >= 0.3 is 5.88 Å². The van der Waals surface area contributed by atoms with Crippen LogP contribution in [0.1, 0.15) is 10.6 Å². The number of nitrogens with zero attached hydrogens (tertiary/aromatic N) is 4. The number of anilines is 1. The Kier molecular flexibility index (Phi) is 7.59. The minimum atomic E-state index is -0.683. The van der Waals surface area contributed by atoms with Crippen molar-refractivity contribution in [2.45, 2.75) is 0 Å². The van der Waals surface area contributed by atoms with Crippen molar-refractivity contribution in [2.75, 3.05) is 46.3 Å². The summed E-state index contributed by atoms with van der Waals surface area (Å²) in [6, 6.07) is 5.98. The van der Waals surface area contributed by atoms with E-state index in [9.17, 15) is 14.9 Å². The predicted molar refractivity (Wildman–Crippen MR) is 116 cm³/mol. The molecular weight excluding hydrogens is 436 g/mol. The number of carbonyl (C=O) groups is 1. The van der Waals surface area contributed by atoms with Gasteiger partial charge in [0.15, 0.2) is 22.4 Å². The second kappa shape index (κ2) is 9.74. The van der Waals surface area contributed by atoms with Crippen LogP contribution in [0.3, 0.4) is 0 Å². The van der Waals surface area contributed by atoms with Crippen LogP contribution >= 0.6 is 23.7 Å². The highest BCUT2D eigenvalue weighted by molar-refractivity contribution is 7.22. The molecule has 0 aliphatic heterocycles. The number of benzene rings is 1. The Labute approximate surface area is 182 Å². The number of halogens is 1. The van der Waals surface area contributed by atoms with Gasteiger partial charge in [-0.2, -0.15) is 0 Å². The predicted octanol–water partition coefficient (Wildman–Crippen LogP) is 3.44. The van der Waals surface area contributed by atoms with E-state index in [0.29, 0.717) is 35.2 Å². The van der Waals surface area contributed by atoms with Gasteiger partial charge < -0.3 is 18.8 Å². The Hall–Kier alpha value is -2.89. The molecule has 0 N–H and O–H groups in total. The van der Waals surface area contributed by atoms with Crippen molar-refractivity contribution in [1.82, 2.24) is 9.88 Å². The molecule has 0 bridgehead atoms. The van der Waals surface area contributed by atoms with Crippen molar-refractivity contribution in [3.05, 3.63) is 40.1 Å². The highest BCUT2D eigenvalue weighted by Gasteiger charge is 2.26. The summed E-state index contributed by atoms with van der Waals surface area (Å²) < 4.78 is 16.5. The molecule has 2 aromatic heterocycles. The molecule has 1 amide bonds. The van der Waals surface area contributed by atoms with Gasteiger partial charge in [0.05, 0.1) is 30.5 Å². The molecule has 0 aliphatic rings. The summed E-state index contributed by atoms with van der Waals surface area (Å²) in [6.07, 6.45) is 0. The first-order valence-electron chi connectivity index (χ1n) is 8.57. The van der Waals surface area contributed by atoms with E-state index in [-0.39, 0.29) is 18.2 Å². The van der Waals surface area contributed by atoms with Crippen molar-refractivity contribution in [2.24, 2.45) is 0 Å². The number of carbonyl (C=O) groups excluding carboxylic acids is 1. The fourth-order valence-corrected chi connectivity index (χ4v) is 3.62. The lowest BCUT2D eigenvalue weighted by atomic mass is 10.3. The monoisotopic (exact) mass is 456 g/mol. The molecule has 0 atom stereocenters. The Bertz CT molecular complexity index is 1010. The summed E-state index contributed by atoms with van der Waals surface area (Å²) in [5.74, 6) is -0.0183. The lowest BCUT2D eigenvalue weighted by Crippen LogP contribution is -2.36. The first-order chi connectivity index (χ1) is 13.8. The number of furan rings is 1. The Morgan fingerprint density at radius 3 is 2.43 bits per heavy atom. The third-order valence-corrected chi connectivity index (χ3v) is 5.15. The number of nitro groups is 1. The van der Waals surface area contributed by atoms with Gasteiger partial charge in [-0.25, -0.2) is 4.98 Å². The second-order valence-corrected chi connectivity index (χ2v) is 7.34. The number of likely N-dealkylation sites (N-methyl/N-ethyl adjacent to an activating group) is 1. The maximum Gasteiger partial charge on any atom is 0.433 e. The maximum atomic E-state index is 13.0. The number of aromatic nitrogens is 1. The molecule has 0 unspecified atom stereocenters. The van der Waals surface area contributed by atoms with Gasteiger partial charge in [-0.1, -0.05) is 11.3 Å². The van der Waals surface area contributed by atoms with Crippen molar-refractivity contribution < 1.29 is 23.6 Å². The summed E-state index contributed by atoms with van der Waals surface area (Å²) in [5, 5.41) is 11.3. The number of thiazole rings is 1. The van der Waals surface area contributed by atoms with Gasteiger partial charge in [-0.05, 0) is 20.2 Å². The summed E-state index contributed by atoms with van der Waals surface area (Å²) in [5.41, 5.74) is 0.649. The van der Waals surface area contributed by atoms with E-state index in [1.54, 1.807) is 19.2 Å². The molecule has 0 spiro atoms. The molecule has 1 aromatic carbocycles. The standard InChI is InChI=1S/C18H20N4O6S.ClH/c1-20(2)7-8-21(17(23)12-5-6-16(28-12)22(24)25)18-19-11-9-13(26-3)14(27-4)10-15(11)29-18;/h5-6,9-10H,7-8H2,1-4H3;1H. The van der Waals surface area contributed by atoms with Gasteiger partial charge in [-0.3, -0.25) is 19.8 Å². The quantitative estimate of drug-likeness (QED) is 0.374. The smallest absolute Gasteiger partial charge is 0.433 e. The average Bonchev–Trinajstić information content (AvgIpc) is 3.33. The summed E-state index contributed by atoms with van der Waals surface area (Å²) in [6.45, 7) is 0.894.